The number of hydrogen-bond donors (Lipinski definition) is 3. The molecule has 3 N–H and O–H groups in total. The fraction of sp³-hybridized carbons (Fsp3) is 0.842. The second-order valence-electron chi connectivity index (χ2n) is 6.68. The van der Waals surface area contributed by atoms with Crippen molar-refractivity contribution < 1.29 is 19.5 Å². The minimum atomic E-state index is -0.837. The van der Waals surface area contributed by atoms with E-state index in [1.54, 1.807) is 0 Å². The number of hydrogen-bond acceptors (Lipinski definition) is 6. The summed E-state index contributed by atoms with van der Waals surface area (Å²) in [6, 6.07) is 0. The van der Waals surface area contributed by atoms with Crippen LogP contribution in [-0.2, 0) is 11.3 Å². The predicted molar refractivity (Wildman–Crippen MR) is 99.9 cm³/mol. The zero-order valence-corrected chi connectivity index (χ0v) is 16.2. The third-order valence-corrected chi connectivity index (χ3v) is 4.72. The molecule has 0 aliphatic heterocycles. The number of aliphatic hydroxyl groups is 1. The molecule has 1 heterocycles. The molecule has 1 unspecified atom stereocenters. The van der Waals surface area contributed by atoms with Crippen molar-refractivity contribution in [3.05, 3.63) is 11.7 Å². The van der Waals surface area contributed by atoms with Crippen molar-refractivity contribution in [2.45, 2.75) is 84.1 Å². The summed E-state index contributed by atoms with van der Waals surface area (Å²) in [5.74, 6) is 0.661. The standard InChI is InChI=1S/C17H29N3O4.C2H6/c21-10-9-18-12-15-19-17(24-20-15)14(11-16(22)23)8-4-7-13-5-2-1-3-6-13;1-2/h13-14,18,21H,1-12H2,(H,22,23);1-2H3. The summed E-state index contributed by atoms with van der Waals surface area (Å²) in [4.78, 5) is 15.5. The molecule has 0 aromatic carbocycles. The lowest BCUT2D eigenvalue weighted by Crippen LogP contribution is -2.18. The maximum absolute atomic E-state index is 11.1. The Morgan fingerprint density at radius 2 is 2.04 bits per heavy atom. The molecule has 26 heavy (non-hydrogen) atoms. The van der Waals surface area contributed by atoms with Crippen LogP contribution < -0.4 is 5.32 Å². The molecule has 2 rings (SSSR count). The van der Waals surface area contributed by atoms with Crippen molar-refractivity contribution in [3.8, 4) is 0 Å². The molecule has 0 bridgehead atoms. The second-order valence-corrected chi connectivity index (χ2v) is 6.68. The maximum atomic E-state index is 11.1. The highest BCUT2D eigenvalue weighted by Gasteiger charge is 2.23. The molecule has 0 spiro atoms. The van der Waals surface area contributed by atoms with Gasteiger partial charge in [-0.2, -0.15) is 4.98 Å². The lowest BCUT2D eigenvalue weighted by Gasteiger charge is -2.21. The number of aliphatic hydroxyl groups excluding tert-OH is 1. The first-order valence-corrected chi connectivity index (χ1v) is 10.0. The van der Waals surface area contributed by atoms with E-state index in [2.05, 4.69) is 15.5 Å². The van der Waals surface area contributed by atoms with E-state index in [0.29, 0.717) is 24.8 Å². The number of carbonyl (C=O) groups is 1. The number of carboxylic acid groups (broad SMARTS) is 1. The van der Waals surface area contributed by atoms with E-state index in [0.717, 1.165) is 25.2 Å². The van der Waals surface area contributed by atoms with Gasteiger partial charge in [0.2, 0.25) is 5.89 Å². The number of carboxylic acids is 1. The van der Waals surface area contributed by atoms with Crippen LogP contribution in [0.2, 0.25) is 0 Å². The van der Waals surface area contributed by atoms with E-state index in [4.69, 9.17) is 14.7 Å². The minimum absolute atomic E-state index is 0.0242. The van der Waals surface area contributed by atoms with Gasteiger partial charge in [-0.05, 0) is 12.3 Å². The molecule has 1 aliphatic carbocycles. The molecule has 1 atom stereocenters. The van der Waals surface area contributed by atoms with Gasteiger partial charge in [0.15, 0.2) is 5.82 Å². The van der Waals surface area contributed by atoms with E-state index < -0.39 is 5.97 Å². The monoisotopic (exact) mass is 369 g/mol. The highest BCUT2D eigenvalue weighted by atomic mass is 16.5. The van der Waals surface area contributed by atoms with Gasteiger partial charge < -0.3 is 20.1 Å². The average molecular weight is 370 g/mol. The summed E-state index contributed by atoms with van der Waals surface area (Å²) in [5.41, 5.74) is 0. The molecule has 7 nitrogen and oxygen atoms in total. The lowest BCUT2D eigenvalue weighted by atomic mass is 9.84. The summed E-state index contributed by atoms with van der Waals surface area (Å²) in [7, 11) is 0. The van der Waals surface area contributed by atoms with Crippen LogP contribution in [0.5, 0.6) is 0 Å². The van der Waals surface area contributed by atoms with E-state index >= 15 is 0 Å². The second kappa shape index (κ2) is 13.7. The van der Waals surface area contributed by atoms with Gasteiger partial charge in [-0.25, -0.2) is 0 Å². The SMILES string of the molecule is CC.O=C(O)CC(CCCC1CCCCC1)c1nc(CNCCO)no1. The van der Waals surface area contributed by atoms with E-state index in [1.807, 2.05) is 13.8 Å². The van der Waals surface area contributed by atoms with Gasteiger partial charge in [0.05, 0.1) is 19.6 Å². The highest BCUT2D eigenvalue weighted by molar-refractivity contribution is 5.67. The van der Waals surface area contributed by atoms with Crippen LogP contribution in [0.3, 0.4) is 0 Å². The molecule has 0 radical (unpaired) electrons. The molecule has 150 valence electrons. The lowest BCUT2D eigenvalue weighted by molar-refractivity contribution is -0.137. The van der Waals surface area contributed by atoms with Crippen LogP contribution in [0, 0.1) is 5.92 Å². The molecule has 1 saturated carbocycles. The molecule has 1 aliphatic rings. The molecule has 1 aromatic rings. The smallest absolute Gasteiger partial charge is 0.304 e. The van der Waals surface area contributed by atoms with E-state index in [1.165, 1.54) is 32.1 Å². The van der Waals surface area contributed by atoms with Gasteiger partial charge in [0.1, 0.15) is 0 Å². The highest BCUT2D eigenvalue weighted by Crippen LogP contribution is 2.31. The van der Waals surface area contributed by atoms with Gasteiger partial charge in [0, 0.05) is 12.5 Å². The first-order valence-electron chi connectivity index (χ1n) is 10.0. The van der Waals surface area contributed by atoms with Crippen LogP contribution >= 0.6 is 0 Å². The van der Waals surface area contributed by atoms with Gasteiger partial charge in [-0.3, -0.25) is 4.79 Å². The average Bonchev–Trinajstić information content (AvgIpc) is 3.12. The molecule has 1 fully saturated rings. The number of nitrogens with one attached hydrogen (secondary N) is 1. The van der Waals surface area contributed by atoms with Crippen LogP contribution in [0.15, 0.2) is 4.52 Å². The Bertz CT molecular complexity index is 487. The Labute approximate surface area is 156 Å². The van der Waals surface area contributed by atoms with Crippen molar-refractivity contribution in [1.29, 1.82) is 0 Å². The largest absolute Gasteiger partial charge is 0.481 e. The normalized spacial score (nSPS) is 16.0. The minimum Gasteiger partial charge on any atom is -0.481 e. The van der Waals surface area contributed by atoms with Crippen LogP contribution in [-0.4, -0.2) is 39.5 Å². The Hall–Kier alpha value is -1.47. The molecule has 1 aromatic heterocycles. The number of aromatic nitrogens is 2. The first kappa shape index (κ1) is 22.6. The molecular weight excluding hydrogens is 334 g/mol. The van der Waals surface area contributed by atoms with Crippen molar-refractivity contribution in [2.24, 2.45) is 5.92 Å². The third-order valence-electron chi connectivity index (χ3n) is 4.72. The van der Waals surface area contributed by atoms with Crippen LogP contribution in [0.1, 0.15) is 89.3 Å². The fourth-order valence-electron chi connectivity index (χ4n) is 3.44. The predicted octanol–water partition coefficient (Wildman–Crippen LogP) is 3.49. The van der Waals surface area contributed by atoms with Gasteiger partial charge in [-0.1, -0.05) is 63.9 Å². The Morgan fingerprint density at radius 1 is 1.31 bits per heavy atom. The van der Waals surface area contributed by atoms with E-state index in [9.17, 15) is 4.79 Å². The zero-order valence-electron chi connectivity index (χ0n) is 16.2. The van der Waals surface area contributed by atoms with Crippen molar-refractivity contribution in [2.75, 3.05) is 13.2 Å². The molecule has 0 amide bonds. The Kier molecular flexibility index (Phi) is 11.9. The topological polar surface area (TPSA) is 108 Å². The quantitative estimate of drug-likeness (QED) is 0.512. The molecule has 0 saturated heterocycles. The number of nitrogens with zero attached hydrogens (tertiary/aromatic N) is 2. The van der Waals surface area contributed by atoms with Crippen molar-refractivity contribution >= 4 is 5.97 Å². The summed E-state index contributed by atoms with van der Waals surface area (Å²) in [6.45, 7) is 4.92. The zero-order chi connectivity index (χ0) is 19.2. The van der Waals surface area contributed by atoms with Gasteiger partial charge in [-0.15, -0.1) is 0 Å². The van der Waals surface area contributed by atoms with Crippen molar-refractivity contribution in [1.82, 2.24) is 15.5 Å². The summed E-state index contributed by atoms with van der Waals surface area (Å²) < 4.78 is 5.27. The number of rotatable bonds is 11. The third kappa shape index (κ3) is 8.76. The summed E-state index contributed by atoms with van der Waals surface area (Å²) in [5, 5.41) is 24.8. The Balaban J connectivity index is 0.00000163. The first-order chi connectivity index (χ1) is 12.7. The summed E-state index contributed by atoms with van der Waals surface area (Å²) in [6.07, 6.45) is 9.60. The van der Waals surface area contributed by atoms with Crippen LogP contribution in [0.4, 0.5) is 0 Å². The van der Waals surface area contributed by atoms with Gasteiger partial charge >= 0.3 is 5.97 Å². The summed E-state index contributed by atoms with van der Waals surface area (Å²) >= 11 is 0. The molecule has 7 heteroatoms. The fourth-order valence-corrected chi connectivity index (χ4v) is 3.44. The number of aliphatic carboxylic acids is 1. The van der Waals surface area contributed by atoms with Gasteiger partial charge in [0.25, 0.3) is 0 Å². The Morgan fingerprint density at radius 3 is 2.69 bits per heavy atom. The van der Waals surface area contributed by atoms with Crippen molar-refractivity contribution in [3.63, 3.8) is 0 Å². The van der Waals surface area contributed by atoms with E-state index in [-0.39, 0.29) is 18.9 Å². The van der Waals surface area contributed by atoms with Crippen LogP contribution in [0.25, 0.3) is 0 Å². The maximum Gasteiger partial charge on any atom is 0.304 e. The molecular formula is C19H35N3O4.